The number of ether oxygens (including phenoxy) is 2. The van der Waals surface area contributed by atoms with Gasteiger partial charge in [-0.15, -0.1) is 0 Å². The molecule has 150 valence electrons. The Kier molecular flexibility index (Phi) is 5.33. The van der Waals surface area contributed by atoms with Crippen LogP contribution in [0.5, 0.6) is 11.5 Å². The molecular weight excluding hydrogens is 374 g/mol. The second-order valence-electron chi connectivity index (χ2n) is 6.94. The maximum atomic E-state index is 12.3. The maximum Gasteiger partial charge on any atom is 0.280 e. The van der Waals surface area contributed by atoms with Crippen molar-refractivity contribution in [1.82, 2.24) is 0 Å². The van der Waals surface area contributed by atoms with Gasteiger partial charge in [-0.05, 0) is 55.7 Å². The Balaban J connectivity index is 1.43. The molecule has 2 aliphatic heterocycles. The fourth-order valence-electron chi connectivity index (χ4n) is 3.50. The molecule has 8 heteroatoms. The van der Waals surface area contributed by atoms with Crippen molar-refractivity contribution in [3.05, 3.63) is 58.2 Å². The monoisotopic (exact) mass is 395 g/mol. The zero-order valence-corrected chi connectivity index (χ0v) is 15.8. The number of carbonyl (C=O) groups is 1. The van der Waals surface area contributed by atoms with Gasteiger partial charge in [0.2, 0.25) is 12.7 Å². The first-order valence-corrected chi connectivity index (χ1v) is 9.52. The SMILES string of the molecule is O=C(/C=C/c1cc2c(cc1[N+](=O)[O-])OCO2)Nc1ccc(N2CCCCC2)cc1. The maximum absolute atomic E-state index is 12.3. The van der Waals surface area contributed by atoms with E-state index in [1.165, 1.54) is 43.5 Å². The summed E-state index contributed by atoms with van der Waals surface area (Å²) in [6, 6.07) is 10.5. The highest BCUT2D eigenvalue weighted by Crippen LogP contribution is 2.38. The van der Waals surface area contributed by atoms with E-state index in [0.29, 0.717) is 17.2 Å². The number of nitro benzene ring substituents is 1. The Hall–Kier alpha value is -3.55. The third kappa shape index (κ3) is 4.31. The molecule has 2 heterocycles. The van der Waals surface area contributed by atoms with Crippen LogP contribution in [0.1, 0.15) is 24.8 Å². The van der Waals surface area contributed by atoms with Crippen molar-refractivity contribution in [1.29, 1.82) is 0 Å². The Morgan fingerprint density at radius 2 is 1.76 bits per heavy atom. The molecule has 8 nitrogen and oxygen atoms in total. The van der Waals surface area contributed by atoms with Crippen LogP contribution < -0.4 is 19.7 Å². The summed E-state index contributed by atoms with van der Waals surface area (Å²) < 4.78 is 10.4. The number of fused-ring (bicyclic) bond motifs is 1. The molecule has 1 fully saturated rings. The van der Waals surface area contributed by atoms with Gasteiger partial charge in [0.25, 0.3) is 5.69 Å². The minimum atomic E-state index is -0.515. The van der Waals surface area contributed by atoms with E-state index in [1.807, 2.05) is 24.3 Å². The van der Waals surface area contributed by atoms with Crippen molar-refractivity contribution >= 4 is 29.0 Å². The van der Waals surface area contributed by atoms with Crippen LogP contribution in [0, 0.1) is 10.1 Å². The number of amides is 1. The van der Waals surface area contributed by atoms with Crippen molar-refractivity contribution in [2.75, 3.05) is 30.1 Å². The van der Waals surface area contributed by atoms with Crippen molar-refractivity contribution < 1.29 is 19.2 Å². The topological polar surface area (TPSA) is 93.9 Å². The molecule has 29 heavy (non-hydrogen) atoms. The third-order valence-electron chi connectivity index (χ3n) is 4.99. The van der Waals surface area contributed by atoms with Gasteiger partial charge in [-0.25, -0.2) is 0 Å². The van der Waals surface area contributed by atoms with Gasteiger partial charge in [0.05, 0.1) is 16.6 Å². The number of hydrogen-bond acceptors (Lipinski definition) is 6. The number of benzene rings is 2. The summed E-state index contributed by atoms with van der Waals surface area (Å²) in [7, 11) is 0. The zero-order chi connectivity index (χ0) is 20.2. The molecule has 1 N–H and O–H groups in total. The highest BCUT2D eigenvalue weighted by Gasteiger charge is 2.22. The molecule has 0 bridgehead atoms. The molecule has 4 rings (SSSR count). The Morgan fingerprint density at radius 1 is 1.07 bits per heavy atom. The number of piperidine rings is 1. The van der Waals surface area contributed by atoms with Gasteiger partial charge in [0, 0.05) is 30.5 Å². The van der Waals surface area contributed by atoms with Gasteiger partial charge in [-0.2, -0.15) is 0 Å². The van der Waals surface area contributed by atoms with Crippen LogP contribution in [-0.2, 0) is 4.79 Å². The van der Waals surface area contributed by atoms with Gasteiger partial charge in [0.1, 0.15) is 0 Å². The summed E-state index contributed by atoms with van der Waals surface area (Å²) in [5, 5.41) is 14.1. The van der Waals surface area contributed by atoms with Gasteiger partial charge in [-0.3, -0.25) is 14.9 Å². The summed E-state index contributed by atoms with van der Waals surface area (Å²) >= 11 is 0. The second-order valence-corrected chi connectivity index (χ2v) is 6.94. The first-order chi connectivity index (χ1) is 14.1. The van der Waals surface area contributed by atoms with Crippen LogP contribution in [0.4, 0.5) is 17.1 Å². The standard InChI is InChI=1S/C21H21N3O5/c25-21(22-16-5-7-17(8-6-16)23-10-2-1-3-11-23)9-4-15-12-19-20(29-14-28-19)13-18(15)24(26)27/h4-9,12-13H,1-3,10-11,14H2,(H,22,25)/b9-4+. The van der Waals surface area contributed by atoms with Crippen LogP contribution in [-0.4, -0.2) is 30.7 Å². The van der Waals surface area contributed by atoms with Gasteiger partial charge < -0.3 is 19.7 Å². The predicted molar refractivity (Wildman–Crippen MR) is 109 cm³/mol. The highest BCUT2D eigenvalue weighted by atomic mass is 16.7. The van der Waals surface area contributed by atoms with E-state index in [9.17, 15) is 14.9 Å². The largest absolute Gasteiger partial charge is 0.454 e. The molecule has 0 saturated carbocycles. The van der Waals surface area contributed by atoms with E-state index in [-0.39, 0.29) is 24.0 Å². The van der Waals surface area contributed by atoms with Crippen molar-refractivity contribution in [3.63, 3.8) is 0 Å². The third-order valence-corrected chi connectivity index (χ3v) is 4.99. The number of nitrogens with one attached hydrogen (secondary N) is 1. The molecule has 0 radical (unpaired) electrons. The van der Waals surface area contributed by atoms with Gasteiger partial charge in [-0.1, -0.05) is 0 Å². The lowest BCUT2D eigenvalue weighted by atomic mass is 10.1. The number of nitrogens with zero attached hydrogens (tertiary/aromatic N) is 2. The summed E-state index contributed by atoms with van der Waals surface area (Å²) in [6.07, 6.45) is 6.35. The van der Waals surface area contributed by atoms with E-state index in [0.717, 1.165) is 18.8 Å². The summed E-state index contributed by atoms with van der Waals surface area (Å²) in [6.45, 7) is 2.14. The summed E-state index contributed by atoms with van der Waals surface area (Å²) in [4.78, 5) is 25.4. The van der Waals surface area contributed by atoms with Crippen molar-refractivity contribution in [2.24, 2.45) is 0 Å². The quantitative estimate of drug-likeness (QED) is 0.468. The molecular formula is C21H21N3O5. The Morgan fingerprint density at radius 3 is 2.45 bits per heavy atom. The van der Waals surface area contributed by atoms with E-state index < -0.39 is 4.92 Å². The van der Waals surface area contributed by atoms with E-state index in [2.05, 4.69) is 10.2 Å². The second kappa shape index (κ2) is 8.22. The van der Waals surface area contributed by atoms with Crippen LogP contribution in [0.3, 0.4) is 0 Å². The lowest BCUT2D eigenvalue weighted by molar-refractivity contribution is -0.385. The number of rotatable bonds is 5. The van der Waals surface area contributed by atoms with Crippen LogP contribution in [0.15, 0.2) is 42.5 Å². The molecule has 0 spiro atoms. The summed E-state index contributed by atoms with van der Waals surface area (Å²) in [5.41, 5.74) is 1.94. The van der Waals surface area contributed by atoms with Crippen LogP contribution in [0.25, 0.3) is 6.08 Å². The number of carbonyl (C=O) groups excluding carboxylic acids is 1. The van der Waals surface area contributed by atoms with E-state index in [4.69, 9.17) is 9.47 Å². The van der Waals surface area contributed by atoms with E-state index >= 15 is 0 Å². The average Bonchev–Trinajstić information content (AvgIpc) is 3.20. The first-order valence-electron chi connectivity index (χ1n) is 9.52. The minimum Gasteiger partial charge on any atom is -0.454 e. The molecule has 0 aliphatic carbocycles. The van der Waals surface area contributed by atoms with Gasteiger partial charge in [0.15, 0.2) is 11.5 Å². The smallest absolute Gasteiger partial charge is 0.280 e. The van der Waals surface area contributed by atoms with Crippen molar-refractivity contribution in [3.8, 4) is 11.5 Å². The summed E-state index contributed by atoms with van der Waals surface area (Å²) in [5.74, 6) is 0.374. The lowest BCUT2D eigenvalue weighted by Crippen LogP contribution is -2.29. The molecule has 1 saturated heterocycles. The molecule has 0 atom stereocenters. The van der Waals surface area contributed by atoms with Crippen LogP contribution >= 0.6 is 0 Å². The Labute approximate surface area is 167 Å². The van der Waals surface area contributed by atoms with Crippen molar-refractivity contribution in [2.45, 2.75) is 19.3 Å². The van der Waals surface area contributed by atoms with Gasteiger partial charge >= 0.3 is 0 Å². The normalized spacial score (nSPS) is 15.5. The number of hydrogen-bond donors (Lipinski definition) is 1. The molecule has 0 unspecified atom stereocenters. The zero-order valence-electron chi connectivity index (χ0n) is 15.8. The molecule has 2 aromatic rings. The highest BCUT2D eigenvalue weighted by molar-refractivity contribution is 6.02. The molecule has 1 amide bonds. The predicted octanol–water partition coefficient (Wildman–Crippen LogP) is 3.97. The first kappa shape index (κ1) is 18.8. The fourth-order valence-corrected chi connectivity index (χ4v) is 3.50. The fraction of sp³-hybridized carbons (Fsp3) is 0.286. The van der Waals surface area contributed by atoms with Crippen LogP contribution in [0.2, 0.25) is 0 Å². The minimum absolute atomic E-state index is 0.0214. The Bertz CT molecular complexity index is 950. The molecule has 2 aromatic carbocycles. The molecule has 2 aliphatic rings. The number of nitro groups is 1. The lowest BCUT2D eigenvalue weighted by Gasteiger charge is -2.28. The van der Waals surface area contributed by atoms with E-state index in [1.54, 1.807) is 0 Å². The molecule has 0 aromatic heterocycles. The average molecular weight is 395 g/mol. The number of anilines is 2.